The van der Waals surface area contributed by atoms with Crippen molar-refractivity contribution in [3.8, 4) is 0 Å². The second-order valence-corrected chi connectivity index (χ2v) is 4.92. The van der Waals surface area contributed by atoms with E-state index in [2.05, 4.69) is 10.6 Å². The summed E-state index contributed by atoms with van der Waals surface area (Å²) in [5.41, 5.74) is -1.16. The molecule has 1 heterocycles. The Kier molecular flexibility index (Phi) is 5.42. The van der Waals surface area contributed by atoms with Gasteiger partial charge in [-0.3, -0.25) is 4.79 Å². The fourth-order valence-electron chi connectivity index (χ4n) is 2.13. The van der Waals surface area contributed by atoms with E-state index in [1.165, 1.54) is 0 Å². The number of piperidine rings is 1. The molecule has 1 aromatic rings. The van der Waals surface area contributed by atoms with E-state index in [1.54, 1.807) is 6.92 Å². The molecule has 1 atom stereocenters. The Labute approximate surface area is 121 Å². The van der Waals surface area contributed by atoms with Gasteiger partial charge < -0.3 is 10.6 Å². The molecule has 2 rings (SSSR count). The molecule has 0 radical (unpaired) electrons. The van der Waals surface area contributed by atoms with E-state index in [4.69, 9.17) is 0 Å². The molecule has 20 heavy (non-hydrogen) atoms. The van der Waals surface area contributed by atoms with Crippen molar-refractivity contribution in [3.63, 3.8) is 0 Å². The molecule has 0 aliphatic carbocycles. The normalized spacial score (nSPS) is 22.0. The van der Waals surface area contributed by atoms with Crippen LogP contribution >= 0.6 is 12.4 Å². The largest absolute Gasteiger partial charge is 0.322 e. The maximum Gasteiger partial charge on any atom is 0.244 e. The van der Waals surface area contributed by atoms with Gasteiger partial charge in [0.15, 0.2) is 11.6 Å². The summed E-state index contributed by atoms with van der Waals surface area (Å²) < 4.78 is 39.3. The van der Waals surface area contributed by atoms with Crippen LogP contribution in [-0.4, -0.2) is 18.0 Å². The molecular weight excluding hydrogens is 293 g/mol. The van der Waals surface area contributed by atoms with E-state index in [0.717, 1.165) is 12.8 Å². The lowest BCUT2D eigenvalue weighted by Crippen LogP contribution is -2.54. The van der Waals surface area contributed by atoms with Gasteiger partial charge in [0, 0.05) is 12.1 Å². The number of halogens is 4. The third kappa shape index (κ3) is 3.43. The first-order valence-corrected chi connectivity index (χ1v) is 6.13. The Bertz CT molecular complexity index is 505. The average molecular weight is 309 g/mol. The van der Waals surface area contributed by atoms with Gasteiger partial charge >= 0.3 is 0 Å². The van der Waals surface area contributed by atoms with Crippen LogP contribution in [0.25, 0.3) is 0 Å². The van der Waals surface area contributed by atoms with Gasteiger partial charge in [-0.15, -0.1) is 12.4 Å². The van der Waals surface area contributed by atoms with Crippen LogP contribution in [0.2, 0.25) is 0 Å². The molecule has 112 valence electrons. The highest BCUT2D eigenvalue weighted by Gasteiger charge is 2.34. The second-order valence-electron chi connectivity index (χ2n) is 4.92. The third-order valence-corrected chi connectivity index (χ3v) is 3.38. The molecule has 1 aromatic carbocycles. The monoisotopic (exact) mass is 308 g/mol. The highest BCUT2D eigenvalue weighted by atomic mass is 35.5. The maximum absolute atomic E-state index is 13.4. The standard InChI is InChI=1S/C13H15F3N2O.ClH/c1-13(4-2-3-5-17-13)12(19)18-11-7-9(15)8(14)6-10(11)16;/h6-7,17H,2-5H2,1H3,(H,18,19);1H. The number of nitrogens with one attached hydrogen (secondary N) is 2. The number of amides is 1. The average Bonchev–Trinajstić information content (AvgIpc) is 2.36. The Hall–Kier alpha value is -1.27. The summed E-state index contributed by atoms with van der Waals surface area (Å²) in [5, 5.41) is 5.36. The summed E-state index contributed by atoms with van der Waals surface area (Å²) in [7, 11) is 0. The second kappa shape index (κ2) is 6.45. The van der Waals surface area contributed by atoms with E-state index in [9.17, 15) is 18.0 Å². The minimum absolute atomic E-state index is 0. The van der Waals surface area contributed by atoms with Crippen molar-refractivity contribution < 1.29 is 18.0 Å². The molecule has 3 nitrogen and oxygen atoms in total. The molecule has 1 saturated heterocycles. The van der Waals surface area contributed by atoms with Crippen LogP contribution in [0.4, 0.5) is 18.9 Å². The number of benzene rings is 1. The van der Waals surface area contributed by atoms with E-state index in [-0.39, 0.29) is 18.1 Å². The maximum atomic E-state index is 13.4. The molecule has 0 saturated carbocycles. The molecular formula is C13H16ClF3N2O. The SMILES string of the molecule is CC1(C(=O)Nc2cc(F)c(F)cc2F)CCCCN1.Cl. The first kappa shape index (κ1) is 16.8. The Balaban J connectivity index is 0.00000200. The molecule has 1 fully saturated rings. The number of hydrogen-bond donors (Lipinski definition) is 2. The fraction of sp³-hybridized carbons (Fsp3) is 0.462. The van der Waals surface area contributed by atoms with Crippen molar-refractivity contribution in [2.75, 3.05) is 11.9 Å². The Morgan fingerprint density at radius 1 is 1.20 bits per heavy atom. The van der Waals surface area contributed by atoms with Crippen LogP contribution in [-0.2, 0) is 4.79 Å². The topological polar surface area (TPSA) is 41.1 Å². The lowest BCUT2D eigenvalue weighted by molar-refractivity contribution is -0.122. The van der Waals surface area contributed by atoms with Crippen LogP contribution in [0.3, 0.4) is 0 Å². The van der Waals surface area contributed by atoms with Crippen LogP contribution in [0.15, 0.2) is 12.1 Å². The van der Waals surface area contributed by atoms with Crippen molar-refractivity contribution in [3.05, 3.63) is 29.6 Å². The zero-order valence-electron chi connectivity index (χ0n) is 10.9. The molecule has 1 aliphatic heterocycles. The molecule has 1 amide bonds. The van der Waals surface area contributed by atoms with Crippen molar-refractivity contribution in [1.82, 2.24) is 5.32 Å². The molecule has 0 bridgehead atoms. The summed E-state index contributed by atoms with van der Waals surface area (Å²) in [6, 6.07) is 1.07. The van der Waals surface area contributed by atoms with Crippen molar-refractivity contribution >= 4 is 24.0 Å². The van der Waals surface area contributed by atoms with Gasteiger partial charge in [-0.05, 0) is 32.7 Å². The van der Waals surface area contributed by atoms with Gasteiger partial charge in [0.25, 0.3) is 0 Å². The number of hydrogen-bond acceptors (Lipinski definition) is 2. The van der Waals surface area contributed by atoms with Crippen LogP contribution in [0, 0.1) is 17.5 Å². The number of anilines is 1. The molecule has 7 heteroatoms. The minimum Gasteiger partial charge on any atom is -0.322 e. The zero-order chi connectivity index (χ0) is 14.0. The highest BCUT2D eigenvalue weighted by molar-refractivity contribution is 5.98. The number of carbonyl (C=O) groups excluding carboxylic acids is 1. The first-order chi connectivity index (χ1) is 8.92. The summed E-state index contributed by atoms with van der Waals surface area (Å²) in [6.45, 7) is 2.41. The van der Waals surface area contributed by atoms with Crippen LogP contribution in [0.5, 0.6) is 0 Å². The minimum atomic E-state index is -1.28. The predicted octanol–water partition coefficient (Wildman–Crippen LogP) is 3.00. The van der Waals surface area contributed by atoms with Crippen LogP contribution in [0.1, 0.15) is 26.2 Å². The van der Waals surface area contributed by atoms with E-state index >= 15 is 0 Å². The smallest absolute Gasteiger partial charge is 0.244 e. The van der Waals surface area contributed by atoms with Gasteiger partial charge in [-0.1, -0.05) is 0 Å². The van der Waals surface area contributed by atoms with E-state index in [1.807, 2.05) is 0 Å². The lowest BCUT2D eigenvalue weighted by Gasteiger charge is -2.33. The summed E-state index contributed by atoms with van der Waals surface area (Å²) in [6.07, 6.45) is 2.48. The quantitative estimate of drug-likeness (QED) is 0.825. The molecule has 2 N–H and O–H groups in total. The third-order valence-electron chi connectivity index (χ3n) is 3.38. The summed E-state index contributed by atoms with van der Waals surface area (Å²) in [4.78, 5) is 12.1. The Morgan fingerprint density at radius 3 is 2.45 bits per heavy atom. The van der Waals surface area contributed by atoms with Gasteiger partial charge in [0.05, 0.1) is 11.2 Å². The number of carbonyl (C=O) groups is 1. The number of rotatable bonds is 2. The summed E-state index contributed by atoms with van der Waals surface area (Å²) >= 11 is 0. The van der Waals surface area contributed by atoms with Crippen molar-refractivity contribution in [2.45, 2.75) is 31.7 Å². The van der Waals surface area contributed by atoms with Gasteiger partial charge in [-0.25, -0.2) is 13.2 Å². The summed E-state index contributed by atoms with van der Waals surface area (Å²) in [5.74, 6) is -3.92. The van der Waals surface area contributed by atoms with Crippen molar-refractivity contribution in [2.24, 2.45) is 0 Å². The fourth-order valence-corrected chi connectivity index (χ4v) is 2.13. The van der Waals surface area contributed by atoms with E-state index < -0.39 is 28.9 Å². The van der Waals surface area contributed by atoms with Gasteiger partial charge in [0.1, 0.15) is 5.82 Å². The first-order valence-electron chi connectivity index (χ1n) is 6.13. The van der Waals surface area contributed by atoms with E-state index in [0.29, 0.717) is 25.1 Å². The molecule has 1 unspecified atom stereocenters. The van der Waals surface area contributed by atoms with Crippen LogP contribution < -0.4 is 10.6 Å². The van der Waals surface area contributed by atoms with Gasteiger partial charge in [-0.2, -0.15) is 0 Å². The van der Waals surface area contributed by atoms with Gasteiger partial charge in [0.2, 0.25) is 5.91 Å². The molecule has 1 aliphatic rings. The molecule has 0 spiro atoms. The van der Waals surface area contributed by atoms with Crippen molar-refractivity contribution in [1.29, 1.82) is 0 Å². The zero-order valence-corrected chi connectivity index (χ0v) is 11.8. The lowest BCUT2D eigenvalue weighted by atomic mass is 9.90. The highest BCUT2D eigenvalue weighted by Crippen LogP contribution is 2.23. The predicted molar refractivity (Wildman–Crippen MR) is 72.5 cm³/mol. The Morgan fingerprint density at radius 2 is 1.85 bits per heavy atom. The molecule has 0 aromatic heterocycles.